The van der Waals surface area contributed by atoms with Gasteiger partial charge in [0.25, 0.3) is 0 Å². The van der Waals surface area contributed by atoms with E-state index in [1.165, 1.54) is 58.0 Å². The van der Waals surface area contributed by atoms with Crippen LogP contribution < -0.4 is 0 Å². The molecule has 1 heterocycles. The number of aliphatic hydroxyl groups excluding tert-OH is 1. The Morgan fingerprint density at radius 2 is 2.06 bits per heavy atom. The SMILES string of the molecule is CCC1CCCCCN1CCCCC(C)O. The van der Waals surface area contributed by atoms with Gasteiger partial charge < -0.3 is 10.0 Å². The second-order valence-corrected chi connectivity index (χ2v) is 5.29. The second-order valence-electron chi connectivity index (χ2n) is 5.29. The average Bonchev–Trinajstić information content (AvgIpc) is 2.48. The third-order valence-electron chi connectivity index (χ3n) is 3.79. The van der Waals surface area contributed by atoms with Gasteiger partial charge in [-0.2, -0.15) is 0 Å². The highest BCUT2D eigenvalue weighted by atomic mass is 16.3. The molecule has 2 unspecified atom stereocenters. The van der Waals surface area contributed by atoms with Crippen molar-refractivity contribution in [1.82, 2.24) is 4.90 Å². The normalized spacial score (nSPS) is 25.3. The Hall–Kier alpha value is -0.0800. The van der Waals surface area contributed by atoms with Gasteiger partial charge in [0.15, 0.2) is 0 Å². The first-order valence-corrected chi connectivity index (χ1v) is 7.16. The van der Waals surface area contributed by atoms with Crippen LogP contribution in [0.3, 0.4) is 0 Å². The fourth-order valence-corrected chi connectivity index (χ4v) is 2.75. The number of unbranched alkanes of at least 4 members (excludes halogenated alkanes) is 1. The molecule has 1 fully saturated rings. The van der Waals surface area contributed by atoms with E-state index in [1.807, 2.05) is 6.92 Å². The van der Waals surface area contributed by atoms with Crippen molar-refractivity contribution < 1.29 is 5.11 Å². The van der Waals surface area contributed by atoms with Crippen LogP contribution in [-0.2, 0) is 0 Å². The van der Waals surface area contributed by atoms with Crippen molar-refractivity contribution in [3.05, 3.63) is 0 Å². The van der Waals surface area contributed by atoms with Crippen LogP contribution in [0.1, 0.15) is 65.2 Å². The van der Waals surface area contributed by atoms with Gasteiger partial charge in [0, 0.05) is 6.04 Å². The lowest BCUT2D eigenvalue weighted by Gasteiger charge is -2.29. The quantitative estimate of drug-likeness (QED) is 0.704. The van der Waals surface area contributed by atoms with Gasteiger partial charge in [-0.3, -0.25) is 0 Å². The molecule has 0 bridgehead atoms. The molecule has 1 aliphatic heterocycles. The summed E-state index contributed by atoms with van der Waals surface area (Å²) in [7, 11) is 0. The summed E-state index contributed by atoms with van der Waals surface area (Å²) in [5.74, 6) is 0. The lowest BCUT2D eigenvalue weighted by atomic mass is 10.1. The van der Waals surface area contributed by atoms with Gasteiger partial charge in [0.05, 0.1) is 6.10 Å². The molecule has 1 saturated heterocycles. The second kappa shape index (κ2) is 8.08. The monoisotopic (exact) mass is 227 g/mol. The van der Waals surface area contributed by atoms with E-state index >= 15 is 0 Å². The number of hydrogen-bond acceptors (Lipinski definition) is 2. The Kier molecular flexibility index (Phi) is 7.06. The Labute approximate surface area is 101 Å². The highest BCUT2D eigenvalue weighted by Gasteiger charge is 2.18. The van der Waals surface area contributed by atoms with Crippen molar-refractivity contribution in [3.8, 4) is 0 Å². The average molecular weight is 227 g/mol. The maximum atomic E-state index is 9.22. The third-order valence-corrected chi connectivity index (χ3v) is 3.79. The van der Waals surface area contributed by atoms with Gasteiger partial charge in [-0.1, -0.05) is 19.8 Å². The van der Waals surface area contributed by atoms with Crippen LogP contribution in [0, 0.1) is 0 Å². The topological polar surface area (TPSA) is 23.5 Å². The highest BCUT2D eigenvalue weighted by Crippen LogP contribution is 2.19. The summed E-state index contributed by atoms with van der Waals surface area (Å²) in [4.78, 5) is 2.69. The Bertz CT molecular complexity index is 170. The molecule has 2 heteroatoms. The number of nitrogens with zero attached hydrogens (tertiary/aromatic N) is 1. The molecule has 96 valence electrons. The highest BCUT2D eigenvalue weighted by molar-refractivity contribution is 4.74. The first kappa shape index (κ1) is 14.0. The molecule has 0 aliphatic carbocycles. The summed E-state index contributed by atoms with van der Waals surface area (Å²) in [6.45, 7) is 6.75. The fourth-order valence-electron chi connectivity index (χ4n) is 2.75. The van der Waals surface area contributed by atoms with Crippen molar-refractivity contribution in [1.29, 1.82) is 0 Å². The summed E-state index contributed by atoms with van der Waals surface area (Å²) in [6.07, 6.45) is 10.2. The lowest BCUT2D eigenvalue weighted by Crippen LogP contribution is -2.35. The first-order chi connectivity index (χ1) is 7.74. The molecule has 16 heavy (non-hydrogen) atoms. The summed E-state index contributed by atoms with van der Waals surface area (Å²) < 4.78 is 0. The Morgan fingerprint density at radius 3 is 2.75 bits per heavy atom. The summed E-state index contributed by atoms with van der Waals surface area (Å²) >= 11 is 0. The van der Waals surface area contributed by atoms with Gasteiger partial charge in [0.1, 0.15) is 0 Å². The van der Waals surface area contributed by atoms with Crippen LogP contribution in [0.15, 0.2) is 0 Å². The minimum absolute atomic E-state index is 0.119. The van der Waals surface area contributed by atoms with Crippen LogP contribution in [0.5, 0.6) is 0 Å². The minimum Gasteiger partial charge on any atom is -0.393 e. The zero-order chi connectivity index (χ0) is 11.8. The largest absolute Gasteiger partial charge is 0.393 e. The molecule has 0 spiro atoms. The van der Waals surface area contributed by atoms with E-state index < -0.39 is 0 Å². The van der Waals surface area contributed by atoms with Crippen molar-refractivity contribution in [2.75, 3.05) is 13.1 Å². The third kappa shape index (κ3) is 5.31. The molecule has 1 N–H and O–H groups in total. The van der Waals surface area contributed by atoms with E-state index in [-0.39, 0.29) is 6.10 Å². The van der Waals surface area contributed by atoms with E-state index in [1.54, 1.807) is 0 Å². The van der Waals surface area contributed by atoms with Crippen LogP contribution in [0.2, 0.25) is 0 Å². The fraction of sp³-hybridized carbons (Fsp3) is 1.00. The van der Waals surface area contributed by atoms with E-state index in [0.29, 0.717) is 0 Å². The smallest absolute Gasteiger partial charge is 0.0512 e. The van der Waals surface area contributed by atoms with E-state index in [4.69, 9.17) is 0 Å². The van der Waals surface area contributed by atoms with Crippen LogP contribution in [0.4, 0.5) is 0 Å². The van der Waals surface area contributed by atoms with Gasteiger partial charge in [-0.25, -0.2) is 0 Å². The zero-order valence-electron chi connectivity index (χ0n) is 11.1. The van der Waals surface area contributed by atoms with Crippen molar-refractivity contribution in [2.24, 2.45) is 0 Å². The summed E-state index contributed by atoms with van der Waals surface area (Å²) in [5, 5.41) is 9.22. The molecule has 2 nitrogen and oxygen atoms in total. The maximum absolute atomic E-state index is 9.22. The molecule has 0 aromatic carbocycles. The molecule has 0 radical (unpaired) electrons. The maximum Gasteiger partial charge on any atom is 0.0512 e. The molecule has 1 aliphatic rings. The summed E-state index contributed by atoms with van der Waals surface area (Å²) in [6, 6.07) is 0.828. The molecule has 0 amide bonds. The standard InChI is InChI=1S/C14H29NO/c1-3-14-10-5-4-7-11-15(14)12-8-6-9-13(2)16/h13-14,16H,3-12H2,1-2H3. The molecule has 0 saturated carbocycles. The Morgan fingerprint density at radius 1 is 1.25 bits per heavy atom. The van der Waals surface area contributed by atoms with Crippen molar-refractivity contribution in [3.63, 3.8) is 0 Å². The number of likely N-dealkylation sites (tertiary alicyclic amines) is 1. The number of rotatable bonds is 6. The molecule has 0 aromatic heterocycles. The van der Waals surface area contributed by atoms with Crippen LogP contribution in [0.25, 0.3) is 0 Å². The van der Waals surface area contributed by atoms with Gasteiger partial charge >= 0.3 is 0 Å². The molecule has 0 aromatic rings. The van der Waals surface area contributed by atoms with Gasteiger partial charge in [-0.05, 0) is 58.5 Å². The molecular weight excluding hydrogens is 198 g/mol. The summed E-state index contributed by atoms with van der Waals surface area (Å²) in [5.41, 5.74) is 0. The minimum atomic E-state index is -0.119. The van der Waals surface area contributed by atoms with Crippen molar-refractivity contribution >= 4 is 0 Å². The predicted molar refractivity (Wildman–Crippen MR) is 69.7 cm³/mol. The lowest BCUT2D eigenvalue weighted by molar-refractivity contribution is 0.166. The van der Waals surface area contributed by atoms with Gasteiger partial charge in [0.2, 0.25) is 0 Å². The van der Waals surface area contributed by atoms with Gasteiger partial charge in [-0.15, -0.1) is 0 Å². The molecule has 1 rings (SSSR count). The number of aliphatic hydroxyl groups is 1. The van der Waals surface area contributed by atoms with Crippen molar-refractivity contribution in [2.45, 2.75) is 77.4 Å². The molecule has 2 atom stereocenters. The first-order valence-electron chi connectivity index (χ1n) is 7.16. The predicted octanol–water partition coefficient (Wildman–Crippen LogP) is 3.19. The number of hydrogen-bond donors (Lipinski definition) is 1. The van der Waals surface area contributed by atoms with Crippen LogP contribution in [-0.4, -0.2) is 35.2 Å². The molecular formula is C14H29NO. The van der Waals surface area contributed by atoms with E-state index in [9.17, 15) is 5.11 Å². The van der Waals surface area contributed by atoms with E-state index in [0.717, 1.165) is 12.5 Å². The van der Waals surface area contributed by atoms with E-state index in [2.05, 4.69) is 11.8 Å². The Balaban J connectivity index is 2.20. The zero-order valence-corrected chi connectivity index (χ0v) is 11.1. The van der Waals surface area contributed by atoms with Crippen LogP contribution >= 0.6 is 0 Å².